The molecule has 0 saturated carbocycles. The van der Waals surface area contributed by atoms with Crippen molar-refractivity contribution in [1.29, 1.82) is 0 Å². The van der Waals surface area contributed by atoms with Crippen LogP contribution in [0.4, 0.5) is 5.95 Å². The molecule has 1 unspecified atom stereocenters. The minimum Gasteiger partial charge on any atom is -0.350 e. The van der Waals surface area contributed by atoms with Crippen LogP contribution in [0.25, 0.3) is 5.69 Å². The second-order valence-corrected chi connectivity index (χ2v) is 5.41. The molecule has 5 nitrogen and oxygen atoms in total. The zero-order valence-electron chi connectivity index (χ0n) is 11.1. The van der Waals surface area contributed by atoms with Gasteiger partial charge in [-0.2, -0.15) is 16.0 Å². The molecule has 0 aliphatic heterocycles. The van der Waals surface area contributed by atoms with E-state index < -0.39 is 0 Å². The molecular weight excluding hydrogens is 270 g/mol. The smallest absolute Gasteiger partial charge is 0.247 e. The molecule has 1 aromatic carbocycles. The highest BCUT2D eigenvalue weighted by molar-refractivity contribution is 7.07. The number of aromatic nitrogens is 4. The molecule has 20 heavy (non-hydrogen) atoms. The van der Waals surface area contributed by atoms with E-state index in [1.54, 1.807) is 16.0 Å². The molecule has 0 radical (unpaired) electrons. The van der Waals surface area contributed by atoms with Crippen molar-refractivity contribution in [2.75, 3.05) is 5.32 Å². The van der Waals surface area contributed by atoms with E-state index in [0.29, 0.717) is 5.95 Å². The van der Waals surface area contributed by atoms with Crippen LogP contribution in [-0.4, -0.2) is 26.2 Å². The molecule has 0 saturated heterocycles. The largest absolute Gasteiger partial charge is 0.350 e. The molecule has 2 aromatic heterocycles. The summed E-state index contributed by atoms with van der Waals surface area (Å²) < 4.78 is 1.71. The number of tetrazole rings is 1. The Kier molecular flexibility index (Phi) is 3.73. The van der Waals surface area contributed by atoms with Gasteiger partial charge in [-0.3, -0.25) is 0 Å². The van der Waals surface area contributed by atoms with Crippen molar-refractivity contribution < 1.29 is 0 Å². The first kappa shape index (κ1) is 12.8. The summed E-state index contributed by atoms with van der Waals surface area (Å²) in [5.41, 5.74) is 2.27. The molecule has 1 N–H and O–H groups in total. The van der Waals surface area contributed by atoms with Crippen LogP contribution in [0.2, 0.25) is 0 Å². The summed E-state index contributed by atoms with van der Waals surface area (Å²) in [7, 11) is 0. The summed E-state index contributed by atoms with van der Waals surface area (Å²) in [5, 5.41) is 19.5. The van der Waals surface area contributed by atoms with Crippen molar-refractivity contribution in [3.05, 3.63) is 52.7 Å². The number of hydrogen-bond acceptors (Lipinski definition) is 5. The zero-order valence-corrected chi connectivity index (χ0v) is 11.9. The Morgan fingerprint density at radius 2 is 2.10 bits per heavy atom. The highest BCUT2D eigenvalue weighted by Gasteiger charge is 2.11. The standard InChI is InChI=1S/C14H15N5S/c1-11(9-12-7-8-20-10-12)15-14-16-17-18-19(14)13-5-3-2-4-6-13/h2-8,10-11H,9H2,1H3,(H,15,16,18). The van der Waals surface area contributed by atoms with E-state index in [9.17, 15) is 0 Å². The van der Waals surface area contributed by atoms with E-state index in [1.807, 2.05) is 30.3 Å². The second kappa shape index (κ2) is 5.83. The minimum absolute atomic E-state index is 0.262. The van der Waals surface area contributed by atoms with Gasteiger partial charge in [-0.1, -0.05) is 23.3 Å². The Morgan fingerprint density at radius 3 is 2.85 bits per heavy atom. The summed E-state index contributed by atoms with van der Waals surface area (Å²) in [4.78, 5) is 0. The van der Waals surface area contributed by atoms with E-state index in [4.69, 9.17) is 0 Å². The number of thiophene rings is 1. The maximum absolute atomic E-state index is 4.06. The van der Waals surface area contributed by atoms with Crippen molar-refractivity contribution in [2.24, 2.45) is 0 Å². The van der Waals surface area contributed by atoms with Crippen molar-refractivity contribution >= 4 is 17.3 Å². The molecular formula is C14H15N5S. The number of rotatable bonds is 5. The predicted octanol–water partition coefficient (Wildman–Crippen LogP) is 2.77. The molecule has 102 valence electrons. The maximum Gasteiger partial charge on any atom is 0.247 e. The summed E-state index contributed by atoms with van der Waals surface area (Å²) >= 11 is 1.72. The highest BCUT2D eigenvalue weighted by Crippen LogP contribution is 2.14. The molecule has 0 fully saturated rings. The van der Waals surface area contributed by atoms with Gasteiger partial charge >= 0.3 is 0 Å². The van der Waals surface area contributed by atoms with E-state index in [0.717, 1.165) is 12.1 Å². The quantitative estimate of drug-likeness (QED) is 0.783. The van der Waals surface area contributed by atoms with Gasteiger partial charge in [0, 0.05) is 6.04 Å². The lowest BCUT2D eigenvalue weighted by atomic mass is 10.1. The Balaban J connectivity index is 1.74. The van der Waals surface area contributed by atoms with E-state index in [-0.39, 0.29) is 6.04 Å². The lowest BCUT2D eigenvalue weighted by molar-refractivity contribution is 0.756. The molecule has 0 aliphatic rings. The van der Waals surface area contributed by atoms with Crippen LogP contribution in [0.15, 0.2) is 47.2 Å². The minimum atomic E-state index is 0.262. The number of hydrogen-bond donors (Lipinski definition) is 1. The average Bonchev–Trinajstić information content (AvgIpc) is 3.11. The number of para-hydroxylation sites is 1. The topological polar surface area (TPSA) is 55.6 Å². The predicted molar refractivity (Wildman–Crippen MR) is 80.3 cm³/mol. The van der Waals surface area contributed by atoms with Gasteiger partial charge < -0.3 is 5.32 Å². The van der Waals surface area contributed by atoms with Crippen LogP contribution < -0.4 is 5.32 Å². The third kappa shape index (κ3) is 2.85. The van der Waals surface area contributed by atoms with E-state index in [2.05, 4.69) is 44.6 Å². The Labute approximate surface area is 121 Å². The van der Waals surface area contributed by atoms with E-state index >= 15 is 0 Å². The van der Waals surface area contributed by atoms with Crippen molar-refractivity contribution in [2.45, 2.75) is 19.4 Å². The Bertz CT molecular complexity index is 647. The SMILES string of the molecule is CC(Cc1ccsc1)Nc1nnnn1-c1ccccc1. The van der Waals surface area contributed by atoms with Gasteiger partial charge in [-0.25, -0.2) is 0 Å². The molecule has 0 aliphatic carbocycles. The lowest BCUT2D eigenvalue weighted by Crippen LogP contribution is -2.20. The van der Waals surface area contributed by atoms with Crippen LogP contribution in [0.1, 0.15) is 12.5 Å². The molecule has 0 bridgehead atoms. The van der Waals surface area contributed by atoms with Gasteiger partial charge in [0.15, 0.2) is 0 Å². The first-order valence-corrected chi connectivity index (χ1v) is 7.38. The monoisotopic (exact) mass is 285 g/mol. The number of benzene rings is 1. The van der Waals surface area contributed by atoms with Crippen LogP contribution in [0.5, 0.6) is 0 Å². The first-order valence-electron chi connectivity index (χ1n) is 6.44. The van der Waals surface area contributed by atoms with Gasteiger partial charge in [-0.05, 0) is 58.3 Å². The van der Waals surface area contributed by atoms with E-state index in [1.165, 1.54) is 5.56 Å². The molecule has 3 aromatic rings. The van der Waals surface area contributed by atoms with Crippen molar-refractivity contribution in [3.63, 3.8) is 0 Å². The molecule has 1 atom stereocenters. The van der Waals surface area contributed by atoms with Crippen LogP contribution in [-0.2, 0) is 6.42 Å². The highest BCUT2D eigenvalue weighted by atomic mass is 32.1. The number of nitrogens with zero attached hydrogens (tertiary/aromatic N) is 4. The van der Waals surface area contributed by atoms with Crippen LogP contribution in [0.3, 0.4) is 0 Å². The van der Waals surface area contributed by atoms with Gasteiger partial charge in [0.1, 0.15) is 0 Å². The van der Waals surface area contributed by atoms with Crippen molar-refractivity contribution in [3.8, 4) is 5.69 Å². The van der Waals surface area contributed by atoms with Crippen LogP contribution in [0, 0.1) is 0 Å². The van der Waals surface area contributed by atoms with Gasteiger partial charge in [0.05, 0.1) is 5.69 Å². The fourth-order valence-electron chi connectivity index (χ4n) is 2.05. The third-order valence-electron chi connectivity index (χ3n) is 2.97. The normalized spacial score (nSPS) is 12.2. The second-order valence-electron chi connectivity index (χ2n) is 4.63. The average molecular weight is 285 g/mol. The van der Waals surface area contributed by atoms with Gasteiger partial charge in [0.25, 0.3) is 0 Å². The van der Waals surface area contributed by atoms with Crippen molar-refractivity contribution in [1.82, 2.24) is 20.2 Å². The first-order chi connectivity index (χ1) is 9.83. The fraction of sp³-hybridized carbons (Fsp3) is 0.214. The summed E-state index contributed by atoms with van der Waals surface area (Å²) in [6.45, 7) is 2.13. The lowest BCUT2D eigenvalue weighted by Gasteiger charge is -2.13. The number of anilines is 1. The van der Waals surface area contributed by atoms with Crippen LogP contribution >= 0.6 is 11.3 Å². The van der Waals surface area contributed by atoms with Gasteiger partial charge in [-0.15, -0.1) is 0 Å². The van der Waals surface area contributed by atoms with Gasteiger partial charge in [0.2, 0.25) is 5.95 Å². The molecule has 6 heteroatoms. The maximum atomic E-state index is 4.06. The summed E-state index contributed by atoms with van der Waals surface area (Å²) in [5.74, 6) is 0.666. The Morgan fingerprint density at radius 1 is 1.25 bits per heavy atom. The zero-order chi connectivity index (χ0) is 13.8. The fourth-order valence-corrected chi connectivity index (χ4v) is 2.74. The molecule has 2 heterocycles. The molecule has 0 amide bonds. The number of nitrogens with one attached hydrogen (secondary N) is 1. The molecule has 3 rings (SSSR count). The third-order valence-corrected chi connectivity index (χ3v) is 3.70. The Hall–Kier alpha value is -2.21. The molecule has 0 spiro atoms. The summed E-state index contributed by atoms with van der Waals surface area (Å²) in [6.07, 6.45) is 0.950. The summed E-state index contributed by atoms with van der Waals surface area (Å²) in [6, 6.07) is 12.3.